The van der Waals surface area contributed by atoms with Crippen LogP contribution in [-0.4, -0.2) is 66.1 Å². The lowest BCUT2D eigenvalue weighted by molar-refractivity contribution is 0.0332. The Kier molecular flexibility index (Phi) is 8.18. The maximum Gasteiger partial charge on any atom is 0.338 e. The predicted octanol–water partition coefficient (Wildman–Crippen LogP) is 1.84. The van der Waals surface area contributed by atoms with Crippen molar-refractivity contribution in [1.82, 2.24) is 4.90 Å². The Bertz CT molecular complexity index is 517. The average Bonchev–Trinajstić information content (AvgIpc) is 2.62. The molecule has 1 fully saturated rings. The van der Waals surface area contributed by atoms with Gasteiger partial charge in [0.25, 0.3) is 0 Å². The molecule has 0 aromatic heterocycles. The molecule has 0 amide bonds. The minimum absolute atomic E-state index is 0.181. The fourth-order valence-corrected chi connectivity index (χ4v) is 3.19. The molecule has 0 saturated carbocycles. The zero-order valence-corrected chi connectivity index (χ0v) is 14.9. The summed E-state index contributed by atoms with van der Waals surface area (Å²) in [5.41, 5.74) is 0.481. The molecule has 0 aliphatic carbocycles. The van der Waals surface area contributed by atoms with Gasteiger partial charge >= 0.3 is 5.97 Å². The van der Waals surface area contributed by atoms with E-state index in [1.807, 2.05) is 0 Å². The Hall–Kier alpha value is -1.63. The van der Waals surface area contributed by atoms with E-state index >= 15 is 0 Å². The topological polar surface area (TPSA) is 79.2 Å². The van der Waals surface area contributed by atoms with Gasteiger partial charge in [-0.3, -0.25) is 4.90 Å². The first-order chi connectivity index (χ1) is 12.1. The van der Waals surface area contributed by atoms with E-state index in [-0.39, 0.29) is 19.2 Å². The minimum atomic E-state index is -0.593. The molecule has 6 nitrogen and oxygen atoms in total. The van der Waals surface area contributed by atoms with Crippen molar-refractivity contribution in [3.05, 3.63) is 29.8 Å². The number of piperidine rings is 1. The molecule has 25 heavy (non-hydrogen) atoms. The summed E-state index contributed by atoms with van der Waals surface area (Å²) in [6, 6.07) is 7.06. The second-order valence-electron chi connectivity index (χ2n) is 6.37. The van der Waals surface area contributed by atoms with Crippen LogP contribution in [0.5, 0.6) is 5.75 Å². The number of nitrogens with zero attached hydrogens (tertiary/aromatic N) is 1. The van der Waals surface area contributed by atoms with Crippen LogP contribution in [0.25, 0.3) is 0 Å². The smallest absolute Gasteiger partial charge is 0.338 e. The highest BCUT2D eigenvalue weighted by atomic mass is 16.5. The van der Waals surface area contributed by atoms with Crippen molar-refractivity contribution in [2.45, 2.75) is 44.8 Å². The van der Waals surface area contributed by atoms with E-state index in [4.69, 9.17) is 9.47 Å². The van der Waals surface area contributed by atoms with Crippen LogP contribution < -0.4 is 4.74 Å². The quantitative estimate of drug-likeness (QED) is 0.661. The molecule has 140 valence electrons. The van der Waals surface area contributed by atoms with Crippen molar-refractivity contribution in [3.63, 3.8) is 0 Å². The van der Waals surface area contributed by atoms with Crippen LogP contribution in [0.3, 0.4) is 0 Å². The number of ether oxygens (including phenoxy) is 2. The van der Waals surface area contributed by atoms with Crippen molar-refractivity contribution in [1.29, 1.82) is 0 Å². The summed E-state index contributed by atoms with van der Waals surface area (Å²) in [6.07, 6.45) is 3.54. The molecule has 0 spiro atoms. The Morgan fingerprint density at radius 3 is 2.76 bits per heavy atom. The van der Waals surface area contributed by atoms with Gasteiger partial charge in [-0.2, -0.15) is 0 Å². The normalized spacial score (nSPS) is 19.4. The number of aliphatic hydroxyl groups excluding tert-OH is 2. The molecule has 2 unspecified atom stereocenters. The number of benzene rings is 1. The minimum Gasteiger partial charge on any atom is -0.491 e. The van der Waals surface area contributed by atoms with Crippen molar-refractivity contribution in [2.24, 2.45) is 0 Å². The van der Waals surface area contributed by atoms with Crippen molar-refractivity contribution in [2.75, 3.05) is 32.9 Å². The van der Waals surface area contributed by atoms with E-state index in [0.29, 0.717) is 30.5 Å². The highest BCUT2D eigenvalue weighted by molar-refractivity contribution is 5.89. The Balaban J connectivity index is 1.79. The molecule has 1 saturated heterocycles. The molecule has 1 aliphatic heterocycles. The number of rotatable bonds is 9. The predicted molar refractivity (Wildman–Crippen MR) is 94.8 cm³/mol. The molecular weight excluding hydrogens is 322 g/mol. The van der Waals surface area contributed by atoms with Crippen LogP contribution in [0.2, 0.25) is 0 Å². The van der Waals surface area contributed by atoms with Gasteiger partial charge in [0.1, 0.15) is 18.5 Å². The second-order valence-corrected chi connectivity index (χ2v) is 6.37. The molecule has 1 aromatic carbocycles. The zero-order chi connectivity index (χ0) is 18.1. The van der Waals surface area contributed by atoms with E-state index < -0.39 is 6.10 Å². The van der Waals surface area contributed by atoms with Crippen LogP contribution in [0.4, 0.5) is 0 Å². The van der Waals surface area contributed by atoms with Crippen molar-refractivity contribution >= 4 is 5.97 Å². The van der Waals surface area contributed by atoms with E-state index in [1.165, 1.54) is 6.42 Å². The van der Waals surface area contributed by atoms with Gasteiger partial charge in [-0.05, 0) is 57.0 Å². The largest absolute Gasteiger partial charge is 0.491 e. The summed E-state index contributed by atoms with van der Waals surface area (Å²) in [5.74, 6) is 0.256. The fraction of sp³-hybridized carbons (Fsp3) is 0.632. The summed E-state index contributed by atoms with van der Waals surface area (Å²) in [6.45, 7) is 3.99. The number of carbonyl (C=O) groups excluding carboxylic acids is 1. The van der Waals surface area contributed by atoms with Crippen LogP contribution in [0.15, 0.2) is 24.3 Å². The number of β-amino-alcohol motifs (C(OH)–C–C–N with tert-alkyl or cyclic N) is 1. The number of hydrogen-bond donors (Lipinski definition) is 2. The molecule has 1 aliphatic rings. The third kappa shape index (κ3) is 6.30. The highest BCUT2D eigenvalue weighted by Gasteiger charge is 2.24. The number of aliphatic hydroxyl groups is 2. The maximum atomic E-state index is 11.6. The van der Waals surface area contributed by atoms with Crippen molar-refractivity contribution in [3.8, 4) is 5.75 Å². The standard InChI is InChI=1S/C19H29NO5/c1-2-24-19(23)15-6-8-18(9-7-15)25-14-17(22)13-20-11-4-3-5-16(20)10-12-21/h6-9,16-17,21-22H,2-5,10-14H2,1H3. The van der Waals surface area contributed by atoms with Gasteiger partial charge in [-0.25, -0.2) is 4.79 Å². The van der Waals surface area contributed by atoms with Gasteiger partial charge < -0.3 is 19.7 Å². The van der Waals surface area contributed by atoms with Crippen LogP contribution >= 0.6 is 0 Å². The van der Waals surface area contributed by atoms with Gasteiger partial charge in [-0.1, -0.05) is 6.42 Å². The van der Waals surface area contributed by atoms with E-state index in [0.717, 1.165) is 25.8 Å². The summed E-state index contributed by atoms with van der Waals surface area (Å²) in [7, 11) is 0. The fourth-order valence-electron chi connectivity index (χ4n) is 3.19. The lowest BCUT2D eigenvalue weighted by Crippen LogP contribution is -2.45. The summed E-state index contributed by atoms with van der Waals surface area (Å²) in [4.78, 5) is 13.8. The summed E-state index contributed by atoms with van der Waals surface area (Å²) < 4.78 is 10.6. The number of hydrogen-bond acceptors (Lipinski definition) is 6. The molecular formula is C19H29NO5. The van der Waals surface area contributed by atoms with Crippen molar-refractivity contribution < 1.29 is 24.5 Å². The van der Waals surface area contributed by atoms with E-state index in [9.17, 15) is 15.0 Å². The SMILES string of the molecule is CCOC(=O)c1ccc(OCC(O)CN2CCCCC2CCO)cc1. The third-order valence-electron chi connectivity index (χ3n) is 4.46. The molecule has 1 heterocycles. The van der Waals surface area contributed by atoms with Gasteiger partial charge in [0.2, 0.25) is 0 Å². The first-order valence-electron chi connectivity index (χ1n) is 9.07. The van der Waals surface area contributed by atoms with Gasteiger partial charge in [0.05, 0.1) is 12.2 Å². The lowest BCUT2D eigenvalue weighted by atomic mass is 9.99. The van der Waals surface area contributed by atoms with E-state index in [1.54, 1.807) is 31.2 Å². The average molecular weight is 351 g/mol. The summed E-state index contributed by atoms with van der Waals surface area (Å²) >= 11 is 0. The van der Waals surface area contributed by atoms with Crippen LogP contribution in [-0.2, 0) is 4.74 Å². The highest BCUT2D eigenvalue weighted by Crippen LogP contribution is 2.20. The zero-order valence-electron chi connectivity index (χ0n) is 14.9. The third-order valence-corrected chi connectivity index (χ3v) is 4.46. The summed E-state index contributed by atoms with van der Waals surface area (Å²) in [5, 5.41) is 19.4. The number of likely N-dealkylation sites (tertiary alicyclic amines) is 1. The molecule has 2 rings (SSSR count). The first-order valence-corrected chi connectivity index (χ1v) is 9.07. The first kappa shape index (κ1) is 19.7. The molecule has 1 aromatic rings. The Labute approximate surface area is 149 Å². The number of carbonyl (C=O) groups is 1. The molecule has 2 N–H and O–H groups in total. The number of esters is 1. The molecule has 2 atom stereocenters. The lowest BCUT2D eigenvalue weighted by Gasteiger charge is -2.36. The Morgan fingerprint density at radius 1 is 1.32 bits per heavy atom. The van der Waals surface area contributed by atoms with Gasteiger partial charge in [0.15, 0.2) is 0 Å². The molecule has 0 radical (unpaired) electrons. The van der Waals surface area contributed by atoms with Crippen LogP contribution in [0.1, 0.15) is 43.0 Å². The second kappa shape index (κ2) is 10.4. The molecule has 6 heteroatoms. The van der Waals surface area contributed by atoms with Gasteiger partial charge in [-0.15, -0.1) is 0 Å². The van der Waals surface area contributed by atoms with Gasteiger partial charge in [0, 0.05) is 19.2 Å². The Morgan fingerprint density at radius 2 is 2.08 bits per heavy atom. The van der Waals surface area contributed by atoms with E-state index in [2.05, 4.69) is 4.90 Å². The molecule has 0 bridgehead atoms. The van der Waals surface area contributed by atoms with Crippen LogP contribution in [0, 0.1) is 0 Å². The maximum absolute atomic E-state index is 11.6. The monoisotopic (exact) mass is 351 g/mol.